The Kier molecular flexibility index (Phi) is 5.69. The lowest BCUT2D eigenvalue weighted by Gasteiger charge is -2.19. The van der Waals surface area contributed by atoms with Gasteiger partial charge in [-0.3, -0.25) is 4.21 Å². The lowest BCUT2D eigenvalue weighted by atomic mass is 10.2. The third-order valence-corrected chi connectivity index (χ3v) is 4.51. The molecule has 16 heavy (non-hydrogen) atoms. The monoisotopic (exact) mass is 280 g/mol. The number of hydrogen-bond acceptors (Lipinski definition) is 2. The fraction of sp³-hybridized carbons (Fsp3) is 0.500. The molecule has 3 nitrogen and oxygen atoms in total. The first-order valence-electron chi connectivity index (χ1n) is 5.12. The number of halogens is 2. The Bertz CT molecular complexity index is 370. The third kappa shape index (κ3) is 3.42. The van der Waals surface area contributed by atoms with Crippen molar-refractivity contribution in [2.24, 2.45) is 0 Å². The van der Waals surface area contributed by atoms with Gasteiger partial charge in [0.25, 0.3) is 0 Å². The number of nitrogens with zero attached hydrogens (tertiary/aromatic N) is 1. The van der Waals surface area contributed by atoms with E-state index in [4.69, 9.17) is 11.6 Å². The van der Waals surface area contributed by atoms with Crippen LogP contribution in [0.5, 0.6) is 0 Å². The zero-order valence-electron chi connectivity index (χ0n) is 8.73. The minimum atomic E-state index is -0.996. The molecule has 0 spiro atoms. The predicted octanol–water partition coefficient (Wildman–Crippen LogP) is -2.43. The smallest absolute Gasteiger partial charge is 0.130 e. The molecule has 0 saturated carbocycles. The van der Waals surface area contributed by atoms with Crippen LogP contribution in [0.4, 0.5) is 0 Å². The second kappa shape index (κ2) is 6.55. The third-order valence-electron chi connectivity index (χ3n) is 2.58. The van der Waals surface area contributed by atoms with Crippen LogP contribution >= 0.6 is 11.6 Å². The van der Waals surface area contributed by atoms with Gasteiger partial charge in [0.15, 0.2) is 0 Å². The van der Waals surface area contributed by atoms with Gasteiger partial charge in [-0.15, -0.1) is 0 Å². The molecule has 1 aromatic heterocycles. The lowest BCUT2D eigenvalue weighted by Crippen LogP contribution is -3.00. The number of rotatable bonds is 2. The minimum absolute atomic E-state index is 0. The van der Waals surface area contributed by atoms with E-state index in [1.807, 2.05) is 0 Å². The van der Waals surface area contributed by atoms with E-state index in [1.54, 1.807) is 18.2 Å². The fourth-order valence-corrected chi connectivity index (χ4v) is 3.44. The number of aromatic nitrogens is 1. The van der Waals surface area contributed by atoms with Gasteiger partial charge < -0.3 is 17.7 Å². The molecule has 6 heteroatoms. The first-order valence-corrected chi connectivity index (χ1v) is 6.71. The molecule has 0 aliphatic carbocycles. The molecule has 1 aromatic rings. The van der Waals surface area contributed by atoms with E-state index < -0.39 is 10.8 Å². The van der Waals surface area contributed by atoms with Crippen LogP contribution in [-0.4, -0.2) is 27.5 Å². The van der Waals surface area contributed by atoms with Gasteiger partial charge in [0, 0.05) is 12.8 Å². The highest BCUT2D eigenvalue weighted by atomic mass is 35.5. The van der Waals surface area contributed by atoms with Crippen molar-refractivity contribution in [3.8, 4) is 0 Å². The molecule has 0 amide bonds. The van der Waals surface area contributed by atoms with Crippen LogP contribution in [0.3, 0.4) is 0 Å². The average Bonchev–Trinajstić information content (AvgIpc) is 2.29. The zero-order valence-corrected chi connectivity index (χ0v) is 11.1. The highest BCUT2D eigenvalue weighted by molar-refractivity contribution is 7.85. The van der Waals surface area contributed by atoms with E-state index in [2.05, 4.69) is 10.3 Å². The molecule has 1 aliphatic heterocycles. The molecule has 90 valence electrons. The number of piperidine rings is 1. The van der Waals surface area contributed by atoms with Crippen molar-refractivity contribution in [3.05, 3.63) is 23.4 Å². The normalized spacial score (nSPS) is 18.8. The van der Waals surface area contributed by atoms with Crippen LogP contribution in [0.2, 0.25) is 5.15 Å². The second-order valence-corrected chi connectivity index (χ2v) is 5.73. The maximum Gasteiger partial charge on any atom is 0.130 e. The standard InChI is InChI=1S/C10H13ClN2OS.ClH/c11-9-2-1-3-10(13-9)15(14)8-4-6-12-7-5-8;/h1-3,8,12H,4-7H2;1H. The maximum atomic E-state index is 12.1. The molecule has 1 unspecified atom stereocenters. The summed E-state index contributed by atoms with van der Waals surface area (Å²) in [4.78, 5) is 4.10. The van der Waals surface area contributed by atoms with Crippen molar-refractivity contribution in [2.45, 2.75) is 23.1 Å². The van der Waals surface area contributed by atoms with Gasteiger partial charge in [0.05, 0.1) is 29.1 Å². The molecule has 1 fully saturated rings. The number of nitrogens with two attached hydrogens (primary N) is 1. The predicted molar refractivity (Wildman–Crippen MR) is 60.3 cm³/mol. The van der Waals surface area contributed by atoms with E-state index in [0.29, 0.717) is 10.2 Å². The molecule has 1 aliphatic rings. The Morgan fingerprint density at radius 3 is 2.69 bits per heavy atom. The quantitative estimate of drug-likeness (QED) is 0.613. The van der Waals surface area contributed by atoms with Crippen LogP contribution in [0.1, 0.15) is 12.8 Å². The van der Waals surface area contributed by atoms with Crippen LogP contribution < -0.4 is 17.7 Å². The van der Waals surface area contributed by atoms with Crippen molar-refractivity contribution >= 4 is 22.4 Å². The summed E-state index contributed by atoms with van der Waals surface area (Å²) in [6.07, 6.45) is 2.00. The second-order valence-electron chi connectivity index (χ2n) is 3.66. The summed E-state index contributed by atoms with van der Waals surface area (Å²) in [6, 6.07) is 5.30. The number of hydrogen-bond donors (Lipinski definition) is 1. The topological polar surface area (TPSA) is 46.6 Å². The van der Waals surface area contributed by atoms with Crippen molar-refractivity contribution in [3.63, 3.8) is 0 Å². The molecule has 0 bridgehead atoms. The lowest BCUT2D eigenvalue weighted by molar-refractivity contribution is -0.661. The Balaban J connectivity index is 0.00000128. The summed E-state index contributed by atoms with van der Waals surface area (Å²) in [7, 11) is -0.996. The SMILES string of the molecule is O=S(c1cccc(Cl)n1)C1CC[NH2+]CC1.[Cl-]. The van der Waals surface area contributed by atoms with Crippen LogP contribution in [-0.2, 0) is 10.8 Å². The van der Waals surface area contributed by atoms with Crippen LogP contribution in [0.15, 0.2) is 23.2 Å². The summed E-state index contributed by atoms with van der Waals surface area (Å²) >= 11 is 5.78. The first-order chi connectivity index (χ1) is 7.27. The summed E-state index contributed by atoms with van der Waals surface area (Å²) < 4.78 is 12.1. The van der Waals surface area contributed by atoms with E-state index in [0.717, 1.165) is 25.9 Å². The summed E-state index contributed by atoms with van der Waals surface area (Å²) in [5.74, 6) is 0. The Morgan fingerprint density at radius 2 is 2.06 bits per heavy atom. The Labute approximate surface area is 109 Å². The molecule has 0 radical (unpaired) electrons. The van der Waals surface area contributed by atoms with Crippen molar-refractivity contribution < 1.29 is 21.9 Å². The van der Waals surface area contributed by atoms with Crippen LogP contribution in [0.25, 0.3) is 0 Å². The largest absolute Gasteiger partial charge is 1.00 e. The zero-order chi connectivity index (χ0) is 10.7. The van der Waals surface area contributed by atoms with Crippen molar-refractivity contribution in [1.82, 2.24) is 4.98 Å². The van der Waals surface area contributed by atoms with E-state index in [-0.39, 0.29) is 17.7 Å². The molecule has 0 aromatic carbocycles. The van der Waals surface area contributed by atoms with Gasteiger partial charge >= 0.3 is 0 Å². The van der Waals surface area contributed by atoms with Crippen molar-refractivity contribution in [1.29, 1.82) is 0 Å². The number of pyridine rings is 1. The maximum absolute atomic E-state index is 12.1. The molecular weight excluding hydrogens is 267 g/mol. The first kappa shape index (κ1) is 13.9. The summed E-state index contributed by atoms with van der Waals surface area (Å²) in [6.45, 7) is 2.13. The Hall–Kier alpha value is -0.160. The van der Waals surface area contributed by atoms with Gasteiger partial charge in [-0.1, -0.05) is 17.7 Å². The molecule has 2 heterocycles. The van der Waals surface area contributed by atoms with E-state index in [1.165, 1.54) is 0 Å². The molecule has 1 atom stereocenters. The molecular formula is C10H14Cl2N2OS. The van der Waals surface area contributed by atoms with Crippen molar-refractivity contribution in [2.75, 3.05) is 13.1 Å². The van der Waals surface area contributed by atoms with Gasteiger partial charge in [0.1, 0.15) is 10.2 Å². The summed E-state index contributed by atoms with van der Waals surface area (Å²) in [5.41, 5.74) is 0. The highest BCUT2D eigenvalue weighted by Gasteiger charge is 2.23. The van der Waals surface area contributed by atoms with Gasteiger partial charge in [0.2, 0.25) is 0 Å². The van der Waals surface area contributed by atoms with Crippen LogP contribution in [0, 0.1) is 0 Å². The minimum Gasteiger partial charge on any atom is -1.00 e. The molecule has 2 N–H and O–H groups in total. The highest BCUT2D eigenvalue weighted by Crippen LogP contribution is 2.16. The van der Waals surface area contributed by atoms with Gasteiger partial charge in [-0.05, 0) is 12.1 Å². The van der Waals surface area contributed by atoms with Gasteiger partial charge in [-0.2, -0.15) is 0 Å². The van der Waals surface area contributed by atoms with Gasteiger partial charge in [-0.25, -0.2) is 4.98 Å². The molecule has 2 rings (SSSR count). The van der Waals surface area contributed by atoms with E-state index >= 15 is 0 Å². The summed E-state index contributed by atoms with van der Waals surface area (Å²) in [5, 5.41) is 3.55. The van der Waals surface area contributed by atoms with E-state index in [9.17, 15) is 4.21 Å². The molecule has 1 saturated heterocycles. The average molecular weight is 281 g/mol. The Morgan fingerprint density at radius 1 is 1.38 bits per heavy atom. The fourth-order valence-electron chi connectivity index (χ4n) is 1.78. The number of quaternary nitrogens is 1.